The minimum atomic E-state index is -0.430. The predicted molar refractivity (Wildman–Crippen MR) is 46.1 cm³/mol. The van der Waals surface area contributed by atoms with Gasteiger partial charge in [0.15, 0.2) is 0 Å². The van der Waals surface area contributed by atoms with Crippen molar-refractivity contribution in [1.82, 2.24) is 0 Å². The minimum Gasteiger partial charge on any atom is -0.390 e. The zero-order chi connectivity index (χ0) is 7.61. The molecule has 0 atom stereocenters. The molecule has 0 unspecified atom stereocenters. The quantitative estimate of drug-likeness (QED) is 0.734. The normalized spacial score (nSPS) is 23.0. The Morgan fingerprint density at radius 2 is 2.00 bits per heavy atom. The molecule has 1 N–H and O–H groups in total. The van der Waals surface area contributed by atoms with E-state index in [0.29, 0.717) is 6.42 Å². The first-order chi connectivity index (χ1) is 4.62. The third-order valence-corrected chi connectivity index (χ3v) is 2.34. The standard InChI is InChI=1S/C8H13BrO/c1-7(9)6-8(10)4-2-3-5-8/h10H,1-6H2. The van der Waals surface area contributed by atoms with Crippen LogP contribution in [-0.4, -0.2) is 10.7 Å². The van der Waals surface area contributed by atoms with Crippen LogP contribution in [0.5, 0.6) is 0 Å². The molecule has 0 aromatic heterocycles. The molecule has 58 valence electrons. The Bertz CT molecular complexity index is 136. The van der Waals surface area contributed by atoms with Gasteiger partial charge in [-0.05, 0) is 17.3 Å². The molecule has 0 aromatic rings. The molecule has 1 fully saturated rings. The summed E-state index contributed by atoms with van der Waals surface area (Å²) in [6, 6.07) is 0. The van der Waals surface area contributed by atoms with E-state index >= 15 is 0 Å². The molecule has 0 aliphatic heterocycles. The third-order valence-electron chi connectivity index (χ3n) is 2.06. The van der Waals surface area contributed by atoms with Crippen molar-refractivity contribution in [2.75, 3.05) is 0 Å². The molecule has 1 aliphatic carbocycles. The maximum Gasteiger partial charge on any atom is 0.0692 e. The first-order valence-corrected chi connectivity index (χ1v) is 4.47. The highest BCUT2D eigenvalue weighted by Crippen LogP contribution is 2.35. The van der Waals surface area contributed by atoms with Gasteiger partial charge in [-0.3, -0.25) is 0 Å². The predicted octanol–water partition coefficient (Wildman–Crippen LogP) is 2.59. The summed E-state index contributed by atoms with van der Waals surface area (Å²) < 4.78 is 0.914. The molecule has 0 spiro atoms. The summed E-state index contributed by atoms with van der Waals surface area (Å²) in [6.45, 7) is 3.72. The maximum atomic E-state index is 9.77. The number of hydrogen-bond donors (Lipinski definition) is 1. The van der Waals surface area contributed by atoms with Gasteiger partial charge in [-0.1, -0.05) is 35.4 Å². The number of halogens is 1. The number of aliphatic hydroxyl groups is 1. The largest absolute Gasteiger partial charge is 0.390 e. The monoisotopic (exact) mass is 204 g/mol. The molecular weight excluding hydrogens is 192 g/mol. The molecule has 0 amide bonds. The van der Waals surface area contributed by atoms with E-state index in [9.17, 15) is 5.11 Å². The van der Waals surface area contributed by atoms with E-state index in [-0.39, 0.29) is 0 Å². The van der Waals surface area contributed by atoms with E-state index in [1.165, 1.54) is 0 Å². The number of hydrogen-bond acceptors (Lipinski definition) is 1. The van der Waals surface area contributed by atoms with Gasteiger partial charge in [0.1, 0.15) is 0 Å². The van der Waals surface area contributed by atoms with Crippen molar-refractivity contribution in [3.05, 3.63) is 11.1 Å². The molecule has 0 heterocycles. The Kier molecular flexibility index (Phi) is 2.53. The second-order valence-electron chi connectivity index (χ2n) is 3.13. The molecule has 0 bridgehead atoms. The highest BCUT2D eigenvalue weighted by molar-refractivity contribution is 9.11. The lowest BCUT2D eigenvalue weighted by molar-refractivity contribution is 0.0504. The van der Waals surface area contributed by atoms with Crippen LogP contribution in [0.25, 0.3) is 0 Å². The Labute approximate surface area is 70.3 Å². The molecular formula is C8H13BrO. The fraction of sp³-hybridized carbons (Fsp3) is 0.750. The van der Waals surface area contributed by atoms with E-state index in [0.717, 1.165) is 30.2 Å². The zero-order valence-electron chi connectivity index (χ0n) is 6.07. The first-order valence-electron chi connectivity index (χ1n) is 3.68. The lowest BCUT2D eigenvalue weighted by atomic mass is 9.98. The fourth-order valence-electron chi connectivity index (χ4n) is 1.57. The van der Waals surface area contributed by atoms with Gasteiger partial charge in [0.05, 0.1) is 5.60 Å². The van der Waals surface area contributed by atoms with Gasteiger partial charge < -0.3 is 5.11 Å². The van der Waals surface area contributed by atoms with Crippen LogP contribution in [-0.2, 0) is 0 Å². The summed E-state index contributed by atoms with van der Waals surface area (Å²) in [6.07, 6.45) is 4.93. The van der Waals surface area contributed by atoms with Crippen LogP contribution >= 0.6 is 15.9 Å². The summed E-state index contributed by atoms with van der Waals surface area (Å²) in [5.74, 6) is 0. The Balaban J connectivity index is 2.43. The van der Waals surface area contributed by atoms with Crippen LogP contribution in [0, 0.1) is 0 Å². The Morgan fingerprint density at radius 3 is 2.40 bits per heavy atom. The van der Waals surface area contributed by atoms with Crippen LogP contribution < -0.4 is 0 Å². The topological polar surface area (TPSA) is 20.2 Å². The highest BCUT2D eigenvalue weighted by atomic mass is 79.9. The van der Waals surface area contributed by atoms with Crippen LogP contribution in [0.4, 0.5) is 0 Å². The van der Waals surface area contributed by atoms with Gasteiger partial charge in [0, 0.05) is 6.42 Å². The van der Waals surface area contributed by atoms with E-state index in [1.54, 1.807) is 0 Å². The van der Waals surface area contributed by atoms with E-state index in [2.05, 4.69) is 22.5 Å². The Morgan fingerprint density at radius 1 is 1.50 bits per heavy atom. The first kappa shape index (κ1) is 8.28. The molecule has 0 radical (unpaired) electrons. The average molecular weight is 205 g/mol. The summed E-state index contributed by atoms with van der Waals surface area (Å²) >= 11 is 3.27. The van der Waals surface area contributed by atoms with Crippen LogP contribution in [0.1, 0.15) is 32.1 Å². The second-order valence-corrected chi connectivity index (χ2v) is 4.25. The van der Waals surface area contributed by atoms with Crippen molar-refractivity contribution < 1.29 is 5.11 Å². The van der Waals surface area contributed by atoms with Crippen molar-refractivity contribution in [2.45, 2.75) is 37.7 Å². The Hall–Kier alpha value is 0.180. The SMILES string of the molecule is C=C(Br)CC1(O)CCCC1. The molecule has 0 aromatic carbocycles. The lowest BCUT2D eigenvalue weighted by Gasteiger charge is -2.20. The summed E-state index contributed by atoms with van der Waals surface area (Å²) in [7, 11) is 0. The maximum absolute atomic E-state index is 9.77. The van der Waals surface area contributed by atoms with Crippen LogP contribution in [0.3, 0.4) is 0 Å². The van der Waals surface area contributed by atoms with Gasteiger partial charge >= 0.3 is 0 Å². The van der Waals surface area contributed by atoms with Gasteiger partial charge in [-0.2, -0.15) is 0 Å². The van der Waals surface area contributed by atoms with Crippen molar-refractivity contribution in [3.63, 3.8) is 0 Å². The summed E-state index contributed by atoms with van der Waals surface area (Å²) in [5, 5.41) is 9.77. The second kappa shape index (κ2) is 3.05. The average Bonchev–Trinajstić information content (AvgIpc) is 2.12. The van der Waals surface area contributed by atoms with Crippen molar-refractivity contribution in [2.24, 2.45) is 0 Å². The van der Waals surface area contributed by atoms with Gasteiger partial charge in [-0.15, -0.1) is 0 Å². The van der Waals surface area contributed by atoms with Gasteiger partial charge in [-0.25, -0.2) is 0 Å². The van der Waals surface area contributed by atoms with Gasteiger partial charge in [0.2, 0.25) is 0 Å². The highest BCUT2D eigenvalue weighted by Gasteiger charge is 2.30. The van der Waals surface area contributed by atoms with Crippen LogP contribution in [0.15, 0.2) is 11.1 Å². The number of rotatable bonds is 2. The van der Waals surface area contributed by atoms with Crippen LogP contribution in [0.2, 0.25) is 0 Å². The molecule has 1 aliphatic rings. The van der Waals surface area contributed by atoms with E-state index in [1.807, 2.05) is 0 Å². The molecule has 1 rings (SSSR count). The van der Waals surface area contributed by atoms with E-state index in [4.69, 9.17) is 0 Å². The minimum absolute atomic E-state index is 0.430. The smallest absolute Gasteiger partial charge is 0.0692 e. The third kappa shape index (κ3) is 2.10. The van der Waals surface area contributed by atoms with Crippen molar-refractivity contribution in [1.29, 1.82) is 0 Å². The lowest BCUT2D eigenvalue weighted by Crippen LogP contribution is -2.23. The molecule has 10 heavy (non-hydrogen) atoms. The van der Waals surface area contributed by atoms with Gasteiger partial charge in [0.25, 0.3) is 0 Å². The molecule has 2 heteroatoms. The fourth-order valence-corrected chi connectivity index (χ4v) is 2.09. The van der Waals surface area contributed by atoms with Crippen molar-refractivity contribution in [3.8, 4) is 0 Å². The summed E-state index contributed by atoms with van der Waals surface area (Å²) in [4.78, 5) is 0. The summed E-state index contributed by atoms with van der Waals surface area (Å²) in [5.41, 5.74) is -0.430. The van der Waals surface area contributed by atoms with E-state index < -0.39 is 5.60 Å². The molecule has 1 nitrogen and oxygen atoms in total. The zero-order valence-corrected chi connectivity index (χ0v) is 7.65. The molecule has 1 saturated carbocycles. The molecule has 0 saturated heterocycles. The van der Waals surface area contributed by atoms with Crippen molar-refractivity contribution >= 4 is 15.9 Å².